The highest BCUT2D eigenvalue weighted by atomic mass is 35.5. The molecule has 2 aromatic heterocycles. The number of ether oxygens (including phenoxy) is 1. The van der Waals surface area contributed by atoms with Crippen LogP contribution in [0, 0.1) is 0 Å². The molecule has 0 aliphatic rings. The molecule has 0 unspecified atom stereocenters. The lowest BCUT2D eigenvalue weighted by atomic mass is 10.1. The van der Waals surface area contributed by atoms with Crippen molar-refractivity contribution in [1.29, 1.82) is 0 Å². The maximum absolute atomic E-state index is 13.0. The van der Waals surface area contributed by atoms with Gasteiger partial charge in [0.2, 0.25) is 0 Å². The number of hydrogen-bond acceptors (Lipinski definition) is 3. The molecule has 0 radical (unpaired) electrons. The van der Waals surface area contributed by atoms with Crippen LogP contribution in [0.25, 0.3) is 5.65 Å². The van der Waals surface area contributed by atoms with Gasteiger partial charge in [-0.15, -0.1) is 0 Å². The van der Waals surface area contributed by atoms with Crippen LogP contribution in [-0.4, -0.2) is 15.4 Å². The Hall–Kier alpha value is -1.76. The third-order valence-corrected chi connectivity index (χ3v) is 3.78. The normalized spacial score (nSPS) is 12.2. The third kappa shape index (κ3) is 3.83. The molecule has 0 aliphatic carbocycles. The fraction of sp³-hybridized carbons (Fsp3) is 0.500. The number of imidazole rings is 1. The summed E-state index contributed by atoms with van der Waals surface area (Å²) in [5.74, 6) is -0.463. The summed E-state index contributed by atoms with van der Waals surface area (Å²) in [4.78, 5) is 15.9. The average molecular weight is 363 g/mol. The molecule has 0 aromatic carbocycles. The Morgan fingerprint density at radius 2 is 2.08 bits per heavy atom. The second-order valence-corrected chi connectivity index (χ2v) is 6.18. The summed E-state index contributed by atoms with van der Waals surface area (Å²) in [5.41, 5.74) is 0.293. The van der Waals surface area contributed by atoms with E-state index < -0.39 is 17.7 Å². The summed E-state index contributed by atoms with van der Waals surface area (Å²) in [7, 11) is 0. The molecule has 2 aromatic rings. The van der Waals surface area contributed by atoms with Gasteiger partial charge in [0.15, 0.2) is 5.65 Å². The van der Waals surface area contributed by atoms with E-state index in [4.69, 9.17) is 16.3 Å². The van der Waals surface area contributed by atoms with Crippen molar-refractivity contribution in [1.82, 2.24) is 9.38 Å². The Labute approximate surface area is 142 Å². The number of carbonyl (C=O) groups excluding carboxylic acids is 1. The summed E-state index contributed by atoms with van der Waals surface area (Å²) in [6.07, 6.45) is -2.71. The van der Waals surface area contributed by atoms with E-state index in [-0.39, 0.29) is 29.6 Å². The zero-order valence-electron chi connectivity index (χ0n) is 13.6. The molecule has 0 aliphatic heterocycles. The van der Waals surface area contributed by atoms with E-state index in [0.29, 0.717) is 17.8 Å². The first kappa shape index (κ1) is 18.6. The van der Waals surface area contributed by atoms with Crippen LogP contribution in [-0.2, 0) is 22.3 Å². The monoisotopic (exact) mass is 362 g/mol. The molecule has 0 saturated carbocycles. The van der Waals surface area contributed by atoms with Crippen LogP contribution in [0.15, 0.2) is 12.3 Å². The number of pyridine rings is 1. The largest absolute Gasteiger partial charge is 0.459 e. The molecule has 0 atom stereocenters. The number of esters is 1. The Balaban J connectivity index is 2.54. The van der Waals surface area contributed by atoms with E-state index in [0.717, 1.165) is 12.3 Å². The molecule has 0 amide bonds. The predicted molar refractivity (Wildman–Crippen MR) is 84.0 cm³/mol. The molecule has 2 heterocycles. The number of nitrogens with zero attached hydrogens (tertiary/aromatic N) is 2. The van der Waals surface area contributed by atoms with E-state index in [2.05, 4.69) is 4.98 Å². The molecule has 0 N–H and O–H groups in total. The van der Waals surface area contributed by atoms with Crippen molar-refractivity contribution in [2.75, 3.05) is 0 Å². The van der Waals surface area contributed by atoms with Gasteiger partial charge in [-0.25, -0.2) is 4.98 Å². The van der Waals surface area contributed by atoms with Crippen molar-refractivity contribution in [2.45, 2.75) is 52.3 Å². The van der Waals surface area contributed by atoms with Crippen LogP contribution < -0.4 is 0 Å². The first-order valence-corrected chi connectivity index (χ1v) is 7.96. The Morgan fingerprint density at radius 3 is 2.62 bits per heavy atom. The number of hydrogen-bond donors (Lipinski definition) is 0. The van der Waals surface area contributed by atoms with Gasteiger partial charge in [0.25, 0.3) is 0 Å². The van der Waals surface area contributed by atoms with E-state index in [1.165, 1.54) is 4.40 Å². The van der Waals surface area contributed by atoms with Gasteiger partial charge < -0.3 is 4.74 Å². The topological polar surface area (TPSA) is 43.6 Å². The summed E-state index contributed by atoms with van der Waals surface area (Å²) in [5, 5.41) is -0.0992. The van der Waals surface area contributed by atoms with Crippen molar-refractivity contribution in [2.24, 2.45) is 0 Å². The molecule has 2 rings (SSSR count). The number of alkyl halides is 3. The number of rotatable bonds is 5. The Morgan fingerprint density at radius 1 is 1.42 bits per heavy atom. The molecular formula is C16H18ClF3N2O2. The van der Waals surface area contributed by atoms with Gasteiger partial charge in [0.1, 0.15) is 6.61 Å². The first-order chi connectivity index (χ1) is 11.1. The highest BCUT2D eigenvalue weighted by Gasteiger charge is 2.32. The molecule has 24 heavy (non-hydrogen) atoms. The maximum atomic E-state index is 13.0. The van der Waals surface area contributed by atoms with E-state index in [1.807, 2.05) is 20.8 Å². The average Bonchev–Trinajstić information content (AvgIpc) is 2.84. The summed E-state index contributed by atoms with van der Waals surface area (Å²) in [6, 6.07) is 0.848. The van der Waals surface area contributed by atoms with E-state index >= 15 is 0 Å². The van der Waals surface area contributed by atoms with Crippen LogP contribution in [0.5, 0.6) is 0 Å². The summed E-state index contributed by atoms with van der Waals surface area (Å²) >= 11 is 5.98. The van der Waals surface area contributed by atoms with Gasteiger partial charge in [-0.05, 0) is 18.4 Å². The standard InChI is InChI=1S/C16H18ClF3N2O2/c1-4-5-13(23)24-8-12-14(9(2)3)21-15-11(17)6-10(7-22(12)15)16(18,19)20/h6-7,9H,4-5,8H2,1-3H3. The quantitative estimate of drug-likeness (QED) is 0.705. The van der Waals surface area contributed by atoms with Crippen LogP contribution in [0.4, 0.5) is 13.2 Å². The van der Waals surface area contributed by atoms with Crippen molar-refractivity contribution in [3.05, 3.63) is 34.2 Å². The first-order valence-electron chi connectivity index (χ1n) is 7.58. The van der Waals surface area contributed by atoms with Gasteiger partial charge in [0, 0.05) is 12.6 Å². The molecule has 8 heteroatoms. The minimum Gasteiger partial charge on any atom is -0.459 e. The summed E-state index contributed by atoms with van der Waals surface area (Å²) in [6.45, 7) is 5.41. The van der Waals surface area contributed by atoms with E-state index in [9.17, 15) is 18.0 Å². The van der Waals surface area contributed by atoms with E-state index in [1.54, 1.807) is 0 Å². The third-order valence-electron chi connectivity index (χ3n) is 3.50. The highest BCUT2D eigenvalue weighted by Crippen LogP contribution is 2.34. The predicted octanol–water partition coefficient (Wildman–Crippen LogP) is 4.97. The molecule has 0 bridgehead atoms. The zero-order valence-corrected chi connectivity index (χ0v) is 14.3. The zero-order chi connectivity index (χ0) is 18.1. The molecular weight excluding hydrogens is 345 g/mol. The minimum absolute atomic E-state index is 0.0600. The lowest BCUT2D eigenvalue weighted by Gasteiger charge is -2.11. The maximum Gasteiger partial charge on any atom is 0.417 e. The fourth-order valence-electron chi connectivity index (χ4n) is 2.35. The van der Waals surface area contributed by atoms with Gasteiger partial charge in [-0.2, -0.15) is 13.2 Å². The van der Waals surface area contributed by atoms with Crippen LogP contribution >= 0.6 is 11.6 Å². The fourth-order valence-corrected chi connectivity index (χ4v) is 2.61. The number of halogens is 4. The minimum atomic E-state index is -4.53. The van der Waals surface area contributed by atoms with Crippen molar-refractivity contribution in [3.8, 4) is 0 Å². The Kier molecular flexibility index (Phi) is 5.42. The SMILES string of the molecule is CCCC(=O)OCc1c(C(C)C)nc2c(Cl)cc(C(F)(F)F)cn12. The lowest BCUT2D eigenvalue weighted by molar-refractivity contribution is -0.145. The molecule has 0 saturated heterocycles. The molecule has 0 fully saturated rings. The van der Waals surface area contributed by atoms with Crippen molar-refractivity contribution < 1.29 is 22.7 Å². The number of fused-ring (bicyclic) bond motifs is 1. The number of aromatic nitrogens is 2. The Bertz CT molecular complexity index is 754. The molecule has 4 nitrogen and oxygen atoms in total. The summed E-state index contributed by atoms with van der Waals surface area (Å²) < 4.78 is 45.5. The lowest BCUT2D eigenvalue weighted by Crippen LogP contribution is -2.10. The van der Waals surface area contributed by atoms with Crippen LogP contribution in [0.1, 0.15) is 56.5 Å². The highest BCUT2D eigenvalue weighted by molar-refractivity contribution is 6.33. The van der Waals surface area contributed by atoms with Gasteiger partial charge >= 0.3 is 12.1 Å². The second-order valence-electron chi connectivity index (χ2n) is 5.78. The van der Waals surface area contributed by atoms with Crippen molar-refractivity contribution >= 4 is 23.2 Å². The smallest absolute Gasteiger partial charge is 0.417 e. The number of carbonyl (C=O) groups is 1. The molecule has 132 valence electrons. The van der Waals surface area contributed by atoms with Gasteiger partial charge in [-0.1, -0.05) is 32.4 Å². The van der Waals surface area contributed by atoms with Crippen molar-refractivity contribution in [3.63, 3.8) is 0 Å². The van der Waals surface area contributed by atoms with Crippen LogP contribution in [0.3, 0.4) is 0 Å². The second kappa shape index (κ2) is 7.01. The molecule has 0 spiro atoms. The van der Waals surface area contributed by atoms with Gasteiger partial charge in [-0.3, -0.25) is 9.20 Å². The van der Waals surface area contributed by atoms with Crippen LogP contribution in [0.2, 0.25) is 5.02 Å². The van der Waals surface area contributed by atoms with Gasteiger partial charge in [0.05, 0.1) is 22.0 Å².